The molecular formula is C21H22F2N6O. The van der Waals surface area contributed by atoms with Crippen LogP contribution in [0.5, 0.6) is 0 Å². The van der Waals surface area contributed by atoms with Crippen molar-refractivity contribution in [2.24, 2.45) is 0 Å². The summed E-state index contributed by atoms with van der Waals surface area (Å²) in [6.45, 7) is 6.94. The smallest absolute Gasteiger partial charge is 0.253 e. The third-order valence-corrected chi connectivity index (χ3v) is 5.18. The van der Waals surface area contributed by atoms with E-state index in [1.165, 1.54) is 10.7 Å². The van der Waals surface area contributed by atoms with Crippen LogP contribution >= 0.6 is 0 Å². The second kappa shape index (κ2) is 8.27. The highest BCUT2D eigenvalue weighted by atomic mass is 19.2. The third kappa shape index (κ3) is 4.20. The van der Waals surface area contributed by atoms with Gasteiger partial charge in [0.2, 0.25) is 0 Å². The lowest BCUT2D eigenvalue weighted by molar-refractivity contribution is 0.0624. The molecule has 4 rings (SSSR count). The van der Waals surface area contributed by atoms with Crippen molar-refractivity contribution in [2.75, 3.05) is 26.2 Å². The van der Waals surface area contributed by atoms with Crippen LogP contribution in [-0.2, 0) is 6.54 Å². The van der Waals surface area contributed by atoms with E-state index in [-0.39, 0.29) is 5.91 Å². The van der Waals surface area contributed by atoms with E-state index in [1.807, 2.05) is 36.9 Å². The minimum atomic E-state index is -0.951. The first-order valence-corrected chi connectivity index (χ1v) is 9.73. The second-order valence-electron chi connectivity index (χ2n) is 7.55. The summed E-state index contributed by atoms with van der Waals surface area (Å²) in [6, 6.07) is 9.42. The molecule has 30 heavy (non-hydrogen) atoms. The summed E-state index contributed by atoms with van der Waals surface area (Å²) in [5.41, 5.74) is 3.21. The van der Waals surface area contributed by atoms with Gasteiger partial charge in [-0.25, -0.2) is 8.78 Å². The number of piperazine rings is 1. The Morgan fingerprint density at radius 3 is 2.33 bits per heavy atom. The van der Waals surface area contributed by atoms with Gasteiger partial charge in [0.1, 0.15) is 0 Å². The zero-order valence-electron chi connectivity index (χ0n) is 16.8. The summed E-state index contributed by atoms with van der Waals surface area (Å²) in [6.07, 6.45) is 0. The van der Waals surface area contributed by atoms with Crippen molar-refractivity contribution in [1.29, 1.82) is 0 Å². The van der Waals surface area contributed by atoms with E-state index in [4.69, 9.17) is 0 Å². The number of hydrogen-bond donors (Lipinski definition) is 0. The number of aryl methyl sites for hydroxylation is 2. The van der Waals surface area contributed by atoms with Crippen molar-refractivity contribution in [3.8, 4) is 5.69 Å². The van der Waals surface area contributed by atoms with E-state index < -0.39 is 11.6 Å². The van der Waals surface area contributed by atoms with Gasteiger partial charge in [-0.15, -0.1) is 5.10 Å². The predicted octanol–water partition coefficient (Wildman–Crippen LogP) is 2.52. The summed E-state index contributed by atoms with van der Waals surface area (Å²) in [7, 11) is 0. The number of rotatable bonds is 4. The molecule has 0 unspecified atom stereocenters. The molecule has 0 saturated carbocycles. The minimum Gasteiger partial charge on any atom is -0.336 e. The number of aromatic nitrogens is 4. The summed E-state index contributed by atoms with van der Waals surface area (Å²) >= 11 is 0. The van der Waals surface area contributed by atoms with Crippen LogP contribution < -0.4 is 0 Å². The highest BCUT2D eigenvalue weighted by molar-refractivity contribution is 5.94. The molecule has 2 aromatic carbocycles. The lowest BCUT2D eigenvalue weighted by Gasteiger charge is -2.34. The molecule has 7 nitrogen and oxygen atoms in total. The molecule has 9 heteroatoms. The molecule has 3 aromatic rings. The van der Waals surface area contributed by atoms with E-state index in [0.29, 0.717) is 49.8 Å². The highest BCUT2D eigenvalue weighted by Crippen LogP contribution is 2.16. The Hall–Kier alpha value is -3.20. The summed E-state index contributed by atoms with van der Waals surface area (Å²) in [5, 5.41) is 11.6. The van der Waals surface area contributed by atoms with Gasteiger partial charge in [0.25, 0.3) is 5.91 Å². The van der Waals surface area contributed by atoms with Crippen molar-refractivity contribution in [2.45, 2.75) is 20.4 Å². The molecule has 0 N–H and O–H groups in total. The zero-order chi connectivity index (χ0) is 21.3. The molecule has 0 radical (unpaired) electrons. The van der Waals surface area contributed by atoms with E-state index in [1.54, 1.807) is 0 Å². The number of benzene rings is 2. The molecule has 2 heterocycles. The first kappa shape index (κ1) is 20.1. The molecule has 1 aliphatic heterocycles. The Morgan fingerprint density at radius 1 is 0.967 bits per heavy atom. The monoisotopic (exact) mass is 412 g/mol. The summed E-state index contributed by atoms with van der Waals surface area (Å²) < 4.78 is 28.2. The Kier molecular flexibility index (Phi) is 5.54. The Labute approximate surface area is 172 Å². The van der Waals surface area contributed by atoms with Crippen LogP contribution in [0.1, 0.15) is 27.3 Å². The van der Waals surface area contributed by atoms with Crippen LogP contribution in [0, 0.1) is 25.5 Å². The number of amides is 1. The Bertz CT molecular complexity index is 1050. The van der Waals surface area contributed by atoms with Gasteiger partial charge >= 0.3 is 0 Å². The van der Waals surface area contributed by atoms with Crippen molar-refractivity contribution in [3.05, 3.63) is 70.5 Å². The Balaban J connectivity index is 1.40. The van der Waals surface area contributed by atoms with Gasteiger partial charge in [-0.1, -0.05) is 17.2 Å². The average Bonchev–Trinajstić information content (AvgIpc) is 3.17. The van der Waals surface area contributed by atoms with Gasteiger partial charge in [-0.2, -0.15) is 4.68 Å². The standard InChI is InChI=1S/C21H22F2N6O/c1-14-9-15(2)11-16(10-14)21(30)28-7-5-27(6-8-28)13-20-24-25-26-29(20)17-3-4-18(22)19(23)12-17/h3-4,9-12H,5-8,13H2,1-2H3. The van der Waals surface area contributed by atoms with Gasteiger partial charge in [-0.3, -0.25) is 9.69 Å². The molecule has 1 amide bonds. The molecule has 0 aliphatic carbocycles. The molecule has 1 saturated heterocycles. The van der Waals surface area contributed by atoms with Gasteiger partial charge < -0.3 is 4.90 Å². The number of nitrogens with zero attached hydrogens (tertiary/aromatic N) is 6. The van der Waals surface area contributed by atoms with Crippen LogP contribution in [0.2, 0.25) is 0 Å². The van der Waals surface area contributed by atoms with Crippen LogP contribution in [0.3, 0.4) is 0 Å². The first-order valence-electron chi connectivity index (χ1n) is 9.73. The largest absolute Gasteiger partial charge is 0.336 e. The fraction of sp³-hybridized carbons (Fsp3) is 0.333. The lowest BCUT2D eigenvalue weighted by atomic mass is 10.1. The second-order valence-corrected chi connectivity index (χ2v) is 7.55. The normalized spacial score (nSPS) is 14.9. The predicted molar refractivity (Wildman–Crippen MR) is 106 cm³/mol. The fourth-order valence-electron chi connectivity index (χ4n) is 3.71. The minimum absolute atomic E-state index is 0.0353. The van der Waals surface area contributed by atoms with Gasteiger partial charge in [0, 0.05) is 37.8 Å². The first-order chi connectivity index (χ1) is 14.4. The molecule has 1 fully saturated rings. The van der Waals surface area contributed by atoms with E-state index in [0.717, 1.165) is 23.3 Å². The molecule has 0 bridgehead atoms. The number of carbonyl (C=O) groups excluding carboxylic acids is 1. The van der Waals surface area contributed by atoms with Crippen molar-refractivity contribution in [3.63, 3.8) is 0 Å². The number of carbonyl (C=O) groups is 1. The van der Waals surface area contributed by atoms with Crippen molar-refractivity contribution < 1.29 is 13.6 Å². The SMILES string of the molecule is Cc1cc(C)cc(C(=O)N2CCN(Cc3nnnn3-c3ccc(F)c(F)c3)CC2)c1. The molecule has 156 valence electrons. The molecular weight excluding hydrogens is 390 g/mol. The van der Waals surface area contributed by atoms with E-state index in [2.05, 4.69) is 20.4 Å². The number of halogens is 2. The topological polar surface area (TPSA) is 67.2 Å². The van der Waals surface area contributed by atoms with Crippen molar-refractivity contribution in [1.82, 2.24) is 30.0 Å². The van der Waals surface area contributed by atoms with Gasteiger partial charge in [-0.05, 0) is 48.5 Å². The van der Waals surface area contributed by atoms with Gasteiger partial charge in [0.05, 0.1) is 12.2 Å². The van der Waals surface area contributed by atoms with Crippen LogP contribution in [-0.4, -0.2) is 62.1 Å². The third-order valence-electron chi connectivity index (χ3n) is 5.18. The van der Waals surface area contributed by atoms with E-state index >= 15 is 0 Å². The Morgan fingerprint density at radius 2 is 1.67 bits per heavy atom. The average molecular weight is 412 g/mol. The molecule has 0 spiro atoms. The molecule has 1 aliphatic rings. The maximum absolute atomic E-state index is 13.6. The quantitative estimate of drug-likeness (QED) is 0.659. The fourth-order valence-corrected chi connectivity index (χ4v) is 3.71. The summed E-state index contributed by atoms with van der Waals surface area (Å²) in [5.74, 6) is -1.31. The van der Waals surface area contributed by atoms with Crippen LogP contribution in [0.4, 0.5) is 8.78 Å². The molecule has 1 aromatic heterocycles. The lowest BCUT2D eigenvalue weighted by Crippen LogP contribution is -2.48. The number of tetrazole rings is 1. The van der Waals surface area contributed by atoms with Crippen molar-refractivity contribution >= 4 is 5.91 Å². The highest BCUT2D eigenvalue weighted by Gasteiger charge is 2.24. The van der Waals surface area contributed by atoms with Crippen LogP contribution in [0.15, 0.2) is 36.4 Å². The van der Waals surface area contributed by atoms with E-state index in [9.17, 15) is 13.6 Å². The zero-order valence-corrected chi connectivity index (χ0v) is 16.8. The number of hydrogen-bond acceptors (Lipinski definition) is 5. The maximum Gasteiger partial charge on any atom is 0.253 e. The van der Waals surface area contributed by atoms with Gasteiger partial charge in [0.15, 0.2) is 17.5 Å². The van der Waals surface area contributed by atoms with Crippen LogP contribution in [0.25, 0.3) is 5.69 Å². The summed E-state index contributed by atoms with van der Waals surface area (Å²) in [4.78, 5) is 16.8. The molecule has 0 atom stereocenters. The maximum atomic E-state index is 13.6.